The zero-order chi connectivity index (χ0) is 19.4. The van der Waals surface area contributed by atoms with Crippen molar-refractivity contribution >= 4 is 46.0 Å². The van der Waals surface area contributed by atoms with Gasteiger partial charge in [-0.2, -0.15) is 0 Å². The minimum atomic E-state index is -0.545. The van der Waals surface area contributed by atoms with Gasteiger partial charge in [0.05, 0.1) is 10.4 Å². The van der Waals surface area contributed by atoms with Crippen LogP contribution in [0.3, 0.4) is 0 Å². The number of rotatable bonds is 6. The van der Waals surface area contributed by atoms with Crippen LogP contribution in [-0.2, 0) is 0 Å². The molecule has 1 heterocycles. The number of nitro groups is 1. The maximum absolute atomic E-state index is 12.4. The number of alkyl halides is 1. The van der Waals surface area contributed by atoms with Gasteiger partial charge in [-0.25, -0.2) is 0 Å². The molecule has 0 unspecified atom stereocenters. The van der Waals surface area contributed by atoms with Crippen LogP contribution < -0.4 is 0 Å². The molecule has 0 aliphatic carbocycles. The van der Waals surface area contributed by atoms with Gasteiger partial charge >= 0.3 is 0 Å². The Kier molecular flexibility index (Phi) is 5.47. The molecule has 3 aromatic rings. The number of hydrogen-bond donors (Lipinski definition) is 0. The van der Waals surface area contributed by atoms with Gasteiger partial charge in [-0.05, 0) is 18.2 Å². The number of ketones is 1. The SMILES string of the molecule is O=C(/C=C\c1cn(C(=O)CCCl)c2ccccc12)c1cccc([N+](=O)[O-])c1. The molecule has 136 valence electrons. The van der Waals surface area contributed by atoms with Crippen LogP contribution in [0.5, 0.6) is 0 Å². The second-order valence-corrected chi connectivity index (χ2v) is 6.19. The fraction of sp³-hybridized carbons (Fsp3) is 0.100. The fourth-order valence-corrected chi connectivity index (χ4v) is 2.94. The molecule has 0 aliphatic heterocycles. The second kappa shape index (κ2) is 7.97. The number of halogens is 1. The molecular weight excluding hydrogens is 368 g/mol. The normalized spacial score (nSPS) is 11.1. The third kappa shape index (κ3) is 3.96. The summed E-state index contributed by atoms with van der Waals surface area (Å²) in [6.45, 7) is 0. The van der Waals surface area contributed by atoms with Crippen molar-refractivity contribution in [3.63, 3.8) is 0 Å². The van der Waals surface area contributed by atoms with Gasteiger partial charge in [-0.1, -0.05) is 30.3 Å². The molecule has 0 bridgehead atoms. The van der Waals surface area contributed by atoms with Crippen molar-refractivity contribution in [1.29, 1.82) is 0 Å². The van der Waals surface area contributed by atoms with E-state index in [9.17, 15) is 19.7 Å². The molecule has 0 fully saturated rings. The topological polar surface area (TPSA) is 82.2 Å². The number of nitrogens with zero attached hydrogens (tertiary/aromatic N) is 2. The van der Waals surface area contributed by atoms with Crippen LogP contribution in [0.1, 0.15) is 27.1 Å². The highest BCUT2D eigenvalue weighted by molar-refractivity contribution is 6.19. The Bertz CT molecular complexity index is 1070. The van der Waals surface area contributed by atoms with Crippen molar-refractivity contribution in [3.05, 3.63) is 82.0 Å². The number of carbonyl (C=O) groups is 2. The van der Waals surface area contributed by atoms with Gasteiger partial charge in [-0.15, -0.1) is 11.6 Å². The van der Waals surface area contributed by atoms with Crippen LogP contribution in [0.25, 0.3) is 17.0 Å². The van der Waals surface area contributed by atoms with Crippen LogP contribution >= 0.6 is 11.6 Å². The van der Waals surface area contributed by atoms with Gasteiger partial charge in [0.1, 0.15) is 0 Å². The number of aromatic nitrogens is 1. The average Bonchev–Trinajstić information content (AvgIpc) is 3.05. The molecule has 27 heavy (non-hydrogen) atoms. The lowest BCUT2D eigenvalue weighted by atomic mass is 10.1. The number of fused-ring (bicyclic) bond motifs is 1. The van der Waals surface area contributed by atoms with E-state index in [2.05, 4.69) is 0 Å². The van der Waals surface area contributed by atoms with E-state index < -0.39 is 4.92 Å². The molecule has 0 saturated heterocycles. The summed E-state index contributed by atoms with van der Waals surface area (Å²) in [5.41, 5.74) is 1.52. The summed E-state index contributed by atoms with van der Waals surface area (Å²) in [6.07, 6.45) is 4.82. The van der Waals surface area contributed by atoms with E-state index in [4.69, 9.17) is 11.6 Å². The Labute approximate surface area is 159 Å². The van der Waals surface area contributed by atoms with Gasteiger partial charge in [0.15, 0.2) is 5.78 Å². The largest absolute Gasteiger partial charge is 0.289 e. The molecule has 0 radical (unpaired) electrons. The molecule has 7 heteroatoms. The molecule has 2 aromatic carbocycles. The summed E-state index contributed by atoms with van der Waals surface area (Å²) in [5, 5.41) is 11.7. The molecule has 0 amide bonds. The zero-order valence-electron chi connectivity index (χ0n) is 14.2. The molecule has 0 N–H and O–H groups in total. The number of hydrogen-bond acceptors (Lipinski definition) is 4. The molecule has 1 aromatic heterocycles. The summed E-state index contributed by atoms with van der Waals surface area (Å²) in [6, 6.07) is 12.9. The first kappa shape index (κ1) is 18.5. The summed E-state index contributed by atoms with van der Waals surface area (Å²) >= 11 is 5.67. The van der Waals surface area contributed by atoms with Crippen molar-refractivity contribution in [3.8, 4) is 0 Å². The third-order valence-corrected chi connectivity index (χ3v) is 4.26. The van der Waals surface area contributed by atoms with E-state index in [1.54, 1.807) is 12.3 Å². The lowest BCUT2D eigenvalue weighted by molar-refractivity contribution is -0.384. The number of benzene rings is 2. The van der Waals surface area contributed by atoms with E-state index in [0.29, 0.717) is 5.56 Å². The van der Waals surface area contributed by atoms with Gasteiger partial charge in [0.2, 0.25) is 5.91 Å². The lowest BCUT2D eigenvalue weighted by Gasteiger charge is -2.01. The Morgan fingerprint density at radius 2 is 1.93 bits per heavy atom. The molecule has 0 spiro atoms. The number of nitro benzene ring substituents is 1. The summed E-state index contributed by atoms with van der Waals surface area (Å²) < 4.78 is 1.52. The Hall–Kier alpha value is -3.25. The fourth-order valence-electron chi connectivity index (χ4n) is 2.78. The van der Waals surface area contributed by atoms with Crippen LogP contribution in [0.2, 0.25) is 0 Å². The van der Waals surface area contributed by atoms with E-state index in [1.165, 1.54) is 34.9 Å². The van der Waals surface area contributed by atoms with Gasteiger partial charge in [0.25, 0.3) is 5.69 Å². The highest BCUT2D eigenvalue weighted by Gasteiger charge is 2.13. The van der Waals surface area contributed by atoms with Crippen molar-refractivity contribution < 1.29 is 14.5 Å². The third-order valence-electron chi connectivity index (χ3n) is 4.08. The predicted molar refractivity (Wildman–Crippen MR) is 104 cm³/mol. The van der Waals surface area contributed by atoms with Crippen molar-refractivity contribution in [2.45, 2.75) is 6.42 Å². The van der Waals surface area contributed by atoms with Gasteiger partial charge in [-0.3, -0.25) is 24.3 Å². The standard InChI is InChI=1S/C20H15ClN2O4/c21-11-10-20(25)22-13-15(17-6-1-2-7-18(17)22)8-9-19(24)14-4-3-5-16(12-14)23(26)27/h1-9,12-13H,10-11H2/b9-8-. The number of carbonyl (C=O) groups excluding carboxylic acids is 2. The first-order chi connectivity index (χ1) is 13.0. The highest BCUT2D eigenvalue weighted by atomic mass is 35.5. The first-order valence-corrected chi connectivity index (χ1v) is 8.71. The van der Waals surface area contributed by atoms with Crippen molar-refractivity contribution in [2.75, 3.05) is 5.88 Å². The monoisotopic (exact) mass is 382 g/mol. The average molecular weight is 383 g/mol. The lowest BCUT2D eigenvalue weighted by Crippen LogP contribution is -2.09. The summed E-state index contributed by atoms with van der Waals surface area (Å²) in [5.74, 6) is -0.268. The molecular formula is C20H15ClN2O4. The highest BCUT2D eigenvalue weighted by Crippen LogP contribution is 2.23. The van der Waals surface area contributed by atoms with Crippen LogP contribution in [-0.4, -0.2) is 27.1 Å². The number of para-hydroxylation sites is 1. The minimum Gasteiger partial charge on any atom is -0.289 e. The Balaban J connectivity index is 1.94. The predicted octanol–water partition coefficient (Wildman–Crippen LogP) is 4.71. The number of allylic oxidation sites excluding steroid dienone is 1. The smallest absolute Gasteiger partial charge is 0.270 e. The maximum atomic E-state index is 12.4. The van der Waals surface area contributed by atoms with E-state index in [1.807, 2.05) is 24.3 Å². The quantitative estimate of drug-likeness (QED) is 0.203. The first-order valence-electron chi connectivity index (χ1n) is 8.17. The van der Waals surface area contributed by atoms with Gasteiger partial charge < -0.3 is 0 Å². The molecule has 6 nitrogen and oxygen atoms in total. The molecule has 3 rings (SSSR count). The van der Waals surface area contributed by atoms with Gasteiger partial charge in [0, 0.05) is 47.1 Å². The van der Waals surface area contributed by atoms with E-state index in [0.717, 1.165) is 10.9 Å². The minimum absolute atomic E-state index is 0.133. The molecule has 0 saturated carbocycles. The molecule has 0 aliphatic rings. The van der Waals surface area contributed by atoms with Crippen molar-refractivity contribution in [2.24, 2.45) is 0 Å². The maximum Gasteiger partial charge on any atom is 0.270 e. The van der Waals surface area contributed by atoms with E-state index in [-0.39, 0.29) is 35.2 Å². The summed E-state index contributed by atoms with van der Waals surface area (Å²) in [7, 11) is 0. The number of non-ortho nitro benzene ring substituents is 1. The second-order valence-electron chi connectivity index (χ2n) is 5.81. The van der Waals surface area contributed by atoms with Crippen LogP contribution in [0.15, 0.2) is 60.8 Å². The zero-order valence-corrected chi connectivity index (χ0v) is 14.9. The molecule has 0 atom stereocenters. The Morgan fingerprint density at radius 3 is 2.67 bits per heavy atom. The van der Waals surface area contributed by atoms with Crippen LogP contribution in [0, 0.1) is 10.1 Å². The Morgan fingerprint density at radius 1 is 1.15 bits per heavy atom. The van der Waals surface area contributed by atoms with Crippen LogP contribution in [0.4, 0.5) is 5.69 Å². The van der Waals surface area contributed by atoms with E-state index >= 15 is 0 Å². The van der Waals surface area contributed by atoms with Crippen molar-refractivity contribution in [1.82, 2.24) is 4.57 Å². The summed E-state index contributed by atoms with van der Waals surface area (Å²) in [4.78, 5) is 34.9.